The van der Waals surface area contributed by atoms with Crippen LogP contribution in [0.4, 0.5) is 0 Å². The maximum atomic E-state index is 9.98. The lowest BCUT2D eigenvalue weighted by molar-refractivity contribution is 0.441. The maximum Gasteiger partial charge on any atom is 0.119 e. The lowest BCUT2D eigenvalue weighted by Crippen LogP contribution is -2.19. The van der Waals surface area contributed by atoms with Crippen molar-refractivity contribution in [2.24, 2.45) is 0 Å². The molecule has 2 nitrogen and oxygen atoms in total. The van der Waals surface area contributed by atoms with E-state index in [-0.39, 0.29) is 16.9 Å². The molecule has 0 saturated heterocycles. The van der Waals surface area contributed by atoms with Crippen LogP contribution in [0.3, 0.4) is 0 Å². The Labute approximate surface area is 108 Å². The van der Waals surface area contributed by atoms with Gasteiger partial charge in [-0.2, -0.15) is 0 Å². The second-order valence-corrected chi connectivity index (χ2v) is 5.19. The van der Waals surface area contributed by atoms with Gasteiger partial charge in [0.25, 0.3) is 0 Å². The Kier molecular flexibility index (Phi) is 3.04. The van der Waals surface area contributed by atoms with E-state index in [4.69, 9.17) is 0 Å². The predicted octanol–water partition coefficient (Wildman–Crippen LogP) is 3.73. The number of phenols is 2. The SMILES string of the molecule is Cc1ccc(C(C)(C)c2cc(O)ccc2O)cc1. The maximum absolute atomic E-state index is 9.98. The second-order valence-electron chi connectivity index (χ2n) is 5.19. The van der Waals surface area contributed by atoms with Gasteiger partial charge in [-0.3, -0.25) is 0 Å². The molecular formula is C16H18O2. The monoisotopic (exact) mass is 242 g/mol. The quantitative estimate of drug-likeness (QED) is 0.788. The number of aromatic hydroxyl groups is 2. The van der Waals surface area contributed by atoms with E-state index in [0.29, 0.717) is 0 Å². The van der Waals surface area contributed by atoms with Crippen molar-refractivity contribution in [2.45, 2.75) is 26.2 Å². The predicted molar refractivity (Wildman–Crippen MR) is 73.1 cm³/mol. The average molecular weight is 242 g/mol. The highest BCUT2D eigenvalue weighted by atomic mass is 16.3. The van der Waals surface area contributed by atoms with Crippen molar-refractivity contribution in [3.8, 4) is 11.5 Å². The van der Waals surface area contributed by atoms with Crippen LogP contribution in [0.25, 0.3) is 0 Å². The molecule has 18 heavy (non-hydrogen) atoms. The highest BCUT2D eigenvalue weighted by Gasteiger charge is 2.26. The number of phenolic OH excluding ortho intramolecular Hbond substituents is 2. The first kappa shape index (κ1) is 12.5. The molecule has 2 heteroatoms. The highest BCUT2D eigenvalue weighted by molar-refractivity contribution is 5.48. The van der Waals surface area contributed by atoms with Gasteiger partial charge in [0, 0.05) is 11.0 Å². The number of rotatable bonds is 2. The Morgan fingerprint density at radius 1 is 0.889 bits per heavy atom. The molecule has 94 valence electrons. The fraction of sp³-hybridized carbons (Fsp3) is 0.250. The Bertz CT molecular complexity index is 554. The van der Waals surface area contributed by atoms with Gasteiger partial charge in [-0.15, -0.1) is 0 Å². The van der Waals surface area contributed by atoms with Crippen LogP contribution < -0.4 is 0 Å². The van der Waals surface area contributed by atoms with E-state index >= 15 is 0 Å². The van der Waals surface area contributed by atoms with Crippen LogP contribution in [-0.2, 0) is 5.41 Å². The summed E-state index contributed by atoms with van der Waals surface area (Å²) in [6.45, 7) is 6.11. The first-order chi connectivity index (χ1) is 8.41. The van der Waals surface area contributed by atoms with E-state index in [1.165, 1.54) is 17.7 Å². The van der Waals surface area contributed by atoms with Crippen molar-refractivity contribution in [3.05, 3.63) is 59.2 Å². The molecule has 2 N–H and O–H groups in total. The van der Waals surface area contributed by atoms with Crippen LogP contribution in [0.1, 0.15) is 30.5 Å². The van der Waals surface area contributed by atoms with Crippen molar-refractivity contribution in [1.29, 1.82) is 0 Å². The minimum Gasteiger partial charge on any atom is -0.508 e. The van der Waals surface area contributed by atoms with Crippen LogP contribution >= 0.6 is 0 Å². The van der Waals surface area contributed by atoms with Gasteiger partial charge in [-0.1, -0.05) is 43.7 Å². The number of hydrogen-bond acceptors (Lipinski definition) is 2. The fourth-order valence-corrected chi connectivity index (χ4v) is 2.15. The smallest absolute Gasteiger partial charge is 0.119 e. The van der Waals surface area contributed by atoms with E-state index in [0.717, 1.165) is 11.1 Å². The molecule has 0 fully saturated rings. The lowest BCUT2D eigenvalue weighted by Gasteiger charge is -2.27. The summed E-state index contributed by atoms with van der Waals surface area (Å²) < 4.78 is 0. The third-order valence-electron chi connectivity index (χ3n) is 3.43. The number of hydrogen-bond donors (Lipinski definition) is 2. The molecule has 2 rings (SSSR count). The van der Waals surface area contributed by atoms with Crippen LogP contribution in [-0.4, -0.2) is 10.2 Å². The molecule has 0 saturated carbocycles. The molecule has 0 aromatic heterocycles. The summed E-state index contributed by atoms with van der Waals surface area (Å²) in [5.41, 5.74) is 2.69. The number of aryl methyl sites for hydroxylation is 1. The first-order valence-electron chi connectivity index (χ1n) is 6.01. The third-order valence-corrected chi connectivity index (χ3v) is 3.43. The lowest BCUT2D eigenvalue weighted by atomic mass is 9.77. The summed E-state index contributed by atoms with van der Waals surface area (Å²) in [5.74, 6) is 0.376. The van der Waals surface area contributed by atoms with E-state index in [1.54, 1.807) is 6.07 Å². The van der Waals surface area contributed by atoms with Crippen molar-refractivity contribution < 1.29 is 10.2 Å². The summed E-state index contributed by atoms with van der Waals surface area (Å²) >= 11 is 0. The molecule has 0 bridgehead atoms. The average Bonchev–Trinajstić information content (AvgIpc) is 2.32. The summed E-state index contributed by atoms with van der Waals surface area (Å²) in [6.07, 6.45) is 0. The van der Waals surface area contributed by atoms with Gasteiger partial charge in [0.2, 0.25) is 0 Å². The normalized spacial score (nSPS) is 11.5. The van der Waals surface area contributed by atoms with Gasteiger partial charge in [0.1, 0.15) is 11.5 Å². The zero-order valence-corrected chi connectivity index (χ0v) is 10.9. The molecule has 2 aromatic carbocycles. The summed E-state index contributed by atoms with van der Waals surface area (Å²) in [5, 5.41) is 19.6. The summed E-state index contributed by atoms with van der Waals surface area (Å²) in [6, 6.07) is 12.9. The Hall–Kier alpha value is -1.96. The Balaban J connectivity index is 2.53. The molecule has 0 heterocycles. The van der Waals surface area contributed by atoms with Gasteiger partial charge in [-0.25, -0.2) is 0 Å². The zero-order valence-electron chi connectivity index (χ0n) is 10.9. The topological polar surface area (TPSA) is 40.5 Å². The van der Waals surface area contributed by atoms with Crippen LogP contribution in [0.2, 0.25) is 0 Å². The van der Waals surface area contributed by atoms with Crippen molar-refractivity contribution in [1.82, 2.24) is 0 Å². The minimum absolute atomic E-state index is 0.169. The van der Waals surface area contributed by atoms with E-state index in [1.807, 2.05) is 20.8 Å². The minimum atomic E-state index is -0.351. The molecule has 0 aliphatic carbocycles. The summed E-state index contributed by atoms with van der Waals surface area (Å²) in [4.78, 5) is 0. The number of benzene rings is 2. The molecule has 0 aliphatic heterocycles. The molecule has 0 atom stereocenters. The van der Waals surface area contributed by atoms with Gasteiger partial charge in [0.05, 0.1) is 0 Å². The van der Waals surface area contributed by atoms with Crippen LogP contribution in [0.15, 0.2) is 42.5 Å². The third kappa shape index (κ3) is 2.19. The first-order valence-corrected chi connectivity index (χ1v) is 6.01. The van der Waals surface area contributed by atoms with E-state index in [2.05, 4.69) is 24.3 Å². The van der Waals surface area contributed by atoms with Crippen molar-refractivity contribution in [3.63, 3.8) is 0 Å². The molecular weight excluding hydrogens is 224 g/mol. The molecule has 0 aliphatic rings. The van der Waals surface area contributed by atoms with Crippen LogP contribution in [0, 0.1) is 6.92 Å². The second kappa shape index (κ2) is 4.37. The van der Waals surface area contributed by atoms with Crippen molar-refractivity contribution >= 4 is 0 Å². The van der Waals surface area contributed by atoms with Gasteiger partial charge >= 0.3 is 0 Å². The van der Waals surface area contributed by atoms with E-state index < -0.39 is 0 Å². The van der Waals surface area contributed by atoms with Crippen molar-refractivity contribution in [2.75, 3.05) is 0 Å². The Morgan fingerprint density at radius 2 is 1.50 bits per heavy atom. The summed E-state index contributed by atoms with van der Waals surface area (Å²) in [7, 11) is 0. The highest BCUT2D eigenvalue weighted by Crippen LogP contribution is 2.38. The molecule has 0 spiro atoms. The standard InChI is InChI=1S/C16H18O2/c1-11-4-6-12(7-5-11)16(2,3)14-10-13(17)8-9-15(14)18/h4-10,17-18H,1-3H3. The molecule has 0 amide bonds. The molecule has 2 aromatic rings. The van der Waals surface area contributed by atoms with Gasteiger partial charge in [0.15, 0.2) is 0 Å². The zero-order chi connectivity index (χ0) is 13.3. The molecule has 0 radical (unpaired) electrons. The Morgan fingerprint density at radius 3 is 2.11 bits per heavy atom. The van der Waals surface area contributed by atoms with E-state index in [9.17, 15) is 10.2 Å². The molecule has 0 unspecified atom stereocenters. The fourth-order valence-electron chi connectivity index (χ4n) is 2.15. The largest absolute Gasteiger partial charge is 0.508 e. The van der Waals surface area contributed by atoms with Gasteiger partial charge < -0.3 is 10.2 Å². The van der Waals surface area contributed by atoms with Crippen LogP contribution in [0.5, 0.6) is 11.5 Å². The van der Waals surface area contributed by atoms with Gasteiger partial charge in [-0.05, 0) is 30.7 Å².